The van der Waals surface area contributed by atoms with E-state index in [2.05, 4.69) is 27.4 Å². The van der Waals surface area contributed by atoms with Gasteiger partial charge >= 0.3 is 0 Å². The Hall–Kier alpha value is -2.14. The molecule has 5 nitrogen and oxygen atoms in total. The van der Waals surface area contributed by atoms with E-state index in [1.54, 1.807) is 12.4 Å². The Bertz CT molecular complexity index is 591. The summed E-state index contributed by atoms with van der Waals surface area (Å²) in [6.07, 6.45) is 5.38. The normalized spacial score (nSPS) is 21.3. The topological polar surface area (TPSA) is 56.3 Å². The van der Waals surface area contributed by atoms with E-state index in [1.807, 2.05) is 25.1 Å². The van der Waals surface area contributed by atoms with E-state index in [0.29, 0.717) is 18.5 Å². The van der Waals surface area contributed by atoms with Crippen molar-refractivity contribution in [3.05, 3.63) is 48.3 Å². The third-order valence-corrected chi connectivity index (χ3v) is 3.71. The average molecular weight is 299 g/mol. The Labute approximate surface area is 130 Å². The SMILES string of the molecule is CCOc1cncc(NC2CCOC(c3ccccc3)C2)n1. The van der Waals surface area contributed by atoms with Gasteiger partial charge in [-0.3, -0.25) is 4.98 Å². The first kappa shape index (κ1) is 14.8. The lowest BCUT2D eigenvalue weighted by molar-refractivity contribution is 0.00973. The van der Waals surface area contributed by atoms with Crippen LogP contribution in [0.1, 0.15) is 31.4 Å². The molecule has 0 amide bonds. The number of aromatic nitrogens is 2. The summed E-state index contributed by atoms with van der Waals surface area (Å²) in [5, 5.41) is 3.45. The van der Waals surface area contributed by atoms with Crippen LogP contribution in [0.5, 0.6) is 5.88 Å². The maximum atomic E-state index is 5.89. The zero-order valence-electron chi connectivity index (χ0n) is 12.7. The fourth-order valence-electron chi connectivity index (χ4n) is 2.67. The van der Waals surface area contributed by atoms with Crippen molar-refractivity contribution in [3.63, 3.8) is 0 Å². The molecule has 1 aliphatic heterocycles. The predicted molar refractivity (Wildman–Crippen MR) is 85.0 cm³/mol. The minimum atomic E-state index is 0.135. The van der Waals surface area contributed by atoms with Crippen LogP contribution in [0.3, 0.4) is 0 Å². The van der Waals surface area contributed by atoms with Gasteiger partial charge in [0.1, 0.15) is 5.82 Å². The first-order chi connectivity index (χ1) is 10.8. The van der Waals surface area contributed by atoms with Crippen LogP contribution < -0.4 is 10.1 Å². The second-order valence-corrected chi connectivity index (χ2v) is 5.31. The van der Waals surface area contributed by atoms with E-state index in [9.17, 15) is 0 Å². The summed E-state index contributed by atoms with van der Waals surface area (Å²) in [4.78, 5) is 8.58. The number of hydrogen-bond acceptors (Lipinski definition) is 5. The second-order valence-electron chi connectivity index (χ2n) is 5.31. The molecule has 2 heterocycles. The molecule has 1 aliphatic rings. The minimum absolute atomic E-state index is 0.135. The average Bonchev–Trinajstić information content (AvgIpc) is 2.57. The summed E-state index contributed by atoms with van der Waals surface area (Å²) in [5.41, 5.74) is 1.23. The zero-order valence-corrected chi connectivity index (χ0v) is 12.7. The van der Waals surface area contributed by atoms with Crippen molar-refractivity contribution >= 4 is 5.82 Å². The lowest BCUT2D eigenvalue weighted by Crippen LogP contribution is -2.30. The summed E-state index contributed by atoms with van der Waals surface area (Å²) in [7, 11) is 0. The van der Waals surface area contributed by atoms with Gasteiger partial charge in [0, 0.05) is 12.6 Å². The van der Waals surface area contributed by atoms with Gasteiger partial charge in [0.15, 0.2) is 0 Å². The fourth-order valence-corrected chi connectivity index (χ4v) is 2.67. The monoisotopic (exact) mass is 299 g/mol. The molecular formula is C17H21N3O2. The molecule has 2 atom stereocenters. The van der Waals surface area contributed by atoms with Crippen LogP contribution in [0.2, 0.25) is 0 Å². The summed E-state index contributed by atoms with van der Waals surface area (Å²) >= 11 is 0. The third-order valence-electron chi connectivity index (χ3n) is 3.71. The fraction of sp³-hybridized carbons (Fsp3) is 0.412. The molecule has 0 bridgehead atoms. The Morgan fingerprint density at radius 1 is 1.27 bits per heavy atom. The van der Waals surface area contributed by atoms with Crippen LogP contribution in [0.4, 0.5) is 5.82 Å². The second kappa shape index (κ2) is 7.22. The summed E-state index contributed by atoms with van der Waals surface area (Å²) in [6.45, 7) is 3.27. The summed E-state index contributed by atoms with van der Waals surface area (Å²) in [5.74, 6) is 1.31. The summed E-state index contributed by atoms with van der Waals surface area (Å²) < 4.78 is 11.3. The maximum Gasteiger partial charge on any atom is 0.234 e. The third kappa shape index (κ3) is 3.74. The lowest BCUT2D eigenvalue weighted by Gasteiger charge is -2.30. The first-order valence-corrected chi connectivity index (χ1v) is 7.73. The van der Waals surface area contributed by atoms with Gasteiger partial charge in [0.2, 0.25) is 5.88 Å². The molecule has 2 aromatic rings. The Morgan fingerprint density at radius 3 is 2.95 bits per heavy atom. The number of nitrogens with one attached hydrogen (secondary N) is 1. The first-order valence-electron chi connectivity index (χ1n) is 7.73. The van der Waals surface area contributed by atoms with Crippen LogP contribution >= 0.6 is 0 Å². The van der Waals surface area contributed by atoms with Crippen LogP contribution in [-0.4, -0.2) is 29.2 Å². The number of benzene rings is 1. The van der Waals surface area contributed by atoms with Crippen LogP contribution in [0.25, 0.3) is 0 Å². The van der Waals surface area contributed by atoms with Gasteiger partial charge in [-0.2, -0.15) is 4.98 Å². The number of hydrogen-bond donors (Lipinski definition) is 1. The smallest absolute Gasteiger partial charge is 0.234 e. The molecule has 1 saturated heterocycles. The Kier molecular flexibility index (Phi) is 4.85. The zero-order chi connectivity index (χ0) is 15.2. The van der Waals surface area contributed by atoms with Crippen molar-refractivity contribution in [1.29, 1.82) is 0 Å². The number of rotatable bonds is 5. The molecule has 1 N–H and O–H groups in total. The van der Waals surface area contributed by atoms with E-state index in [1.165, 1.54) is 5.56 Å². The van der Waals surface area contributed by atoms with Gasteiger partial charge in [-0.1, -0.05) is 30.3 Å². The van der Waals surface area contributed by atoms with E-state index in [4.69, 9.17) is 9.47 Å². The molecule has 1 aromatic carbocycles. The highest BCUT2D eigenvalue weighted by Crippen LogP contribution is 2.29. The molecule has 5 heteroatoms. The number of ether oxygens (including phenoxy) is 2. The Balaban J connectivity index is 1.64. The molecule has 3 rings (SSSR count). The van der Waals surface area contributed by atoms with Crippen molar-refractivity contribution in [2.75, 3.05) is 18.5 Å². The van der Waals surface area contributed by atoms with Crippen LogP contribution in [0.15, 0.2) is 42.7 Å². The summed E-state index contributed by atoms with van der Waals surface area (Å²) in [6, 6.07) is 10.7. The standard InChI is InChI=1S/C17H21N3O2/c1-2-21-17-12-18-11-16(20-17)19-14-8-9-22-15(10-14)13-6-4-3-5-7-13/h3-7,11-12,14-15H,2,8-10H2,1H3,(H,19,20). The molecule has 1 aromatic heterocycles. The molecule has 22 heavy (non-hydrogen) atoms. The van der Waals surface area contributed by atoms with E-state index < -0.39 is 0 Å². The molecule has 2 unspecified atom stereocenters. The van der Waals surface area contributed by atoms with E-state index >= 15 is 0 Å². The maximum absolute atomic E-state index is 5.89. The molecule has 0 radical (unpaired) electrons. The van der Waals surface area contributed by atoms with E-state index in [0.717, 1.165) is 25.3 Å². The quantitative estimate of drug-likeness (QED) is 0.918. The van der Waals surface area contributed by atoms with Gasteiger partial charge in [0.25, 0.3) is 0 Å². The predicted octanol–water partition coefficient (Wildman–Crippen LogP) is 3.21. The van der Waals surface area contributed by atoms with Crippen molar-refractivity contribution in [1.82, 2.24) is 9.97 Å². The minimum Gasteiger partial charge on any atom is -0.477 e. The molecule has 0 saturated carbocycles. The van der Waals surface area contributed by atoms with Gasteiger partial charge in [-0.15, -0.1) is 0 Å². The molecule has 116 valence electrons. The van der Waals surface area contributed by atoms with Gasteiger partial charge < -0.3 is 14.8 Å². The van der Waals surface area contributed by atoms with E-state index in [-0.39, 0.29) is 6.10 Å². The highest BCUT2D eigenvalue weighted by atomic mass is 16.5. The Morgan fingerprint density at radius 2 is 2.14 bits per heavy atom. The highest BCUT2D eigenvalue weighted by molar-refractivity contribution is 5.35. The largest absolute Gasteiger partial charge is 0.477 e. The van der Waals surface area contributed by atoms with Crippen LogP contribution in [-0.2, 0) is 4.74 Å². The highest BCUT2D eigenvalue weighted by Gasteiger charge is 2.24. The van der Waals surface area contributed by atoms with Crippen molar-refractivity contribution in [2.45, 2.75) is 31.9 Å². The number of anilines is 1. The van der Waals surface area contributed by atoms with Crippen molar-refractivity contribution < 1.29 is 9.47 Å². The molecule has 0 aliphatic carbocycles. The number of nitrogens with zero attached hydrogens (tertiary/aromatic N) is 2. The molecule has 0 spiro atoms. The van der Waals surface area contributed by atoms with Crippen LogP contribution in [0, 0.1) is 0 Å². The molecular weight excluding hydrogens is 278 g/mol. The van der Waals surface area contributed by atoms with Gasteiger partial charge in [-0.25, -0.2) is 0 Å². The van der Waals surface area contributed by atoms with Crippen molar-refractivity contribution in [2.24, 2.45) is 0 Å². The van der Waals surface area contributed by atoms with Gasteiger partial charge in [0.05, 0.1) is 25.1 Å². The lowest BCUT2D eigenvalue weighted by atomic mass is 9.97. The molecule has 1 fully saturated rings. The van der Waals surface area contributed by atoms with Crippen molar-refractivity contribution in [3.8, 4) is 5.88 Å². The van der Waals surface area contributed by atoms with Gasteiger partial charge in [-0.05, 0) is 25.3 Å².